The van der Waals surface area contributed by atoms with Crippen LogP contribution in [-0.2, 0) is 4.79 Å². The fourth-order valence-electron chi connectivity index (χ4n) is 2.04. The number of amides is 2. The highest BCUT2D eigenvalue weighted by molar-refractivity contribution is 7.99. The van der Waals surface area contributed by atoms with Gasteiger partial charge in [0.15, 0.2) is 0 Å². The maximum Gasteiger partial charge on any atom is 0.251 e. The topological polar surface area (TPSA) is 71.1 Å². The summed E-state index contributed by atoms with van der Waals surface area (Å²) in [5.41, 5.74) is 0.577. The third kappa shape index (κ3) is 6.58. The number of carbonyl (C=O) groups excluding carboxylic acids is 2. The number of hydrogen-bond acceptors (Lipinski definition) is 4. The second-order valence-electron chi connectivity index (χ2n) is 5.68. The third-order valence-electron chi connectivity index (χ3n) is 3.63. The summed E-state index contributed by atoms with van der Waals surface area (Å²) >= 11 is 1.54. The molecule has 2 aromatic rings. The van der Waals surface area contributed by atoms with Gasteiger partial charge in [-0.3, -0.25) is 9.59 Å². The zero-order chi connectivity index (χ0) is 18.1. The van der Waals surface area contributed by atoms with Crippen molar-refractivity contribution in [2.75, 3.05) is 6.54 Å². The first-order valence-electron chi connectivity index (χ1n) is 8.35. The van der Waals surface area contributed by atoms with Gasteiger partial charge >= 0.3 is 0 Å². The largest absolute Gasteiger partial charge is 0.354 e. The molecule has 1 atom stereocenters. The van der Waals surface area contributed by atoms with Crippen molar-refractivity contribution >= 4 is 23.6 Å². The number of nitrogens with zero attached hydrogens (tertiary/aromatic N) is 1. The maximum absolute atomic E-state index is 12.1. The van der Waals surface area contributed by atoms with Gasteiger partial charge in [-0.15, -0.1) is 0 Å². The predicted octanol–water partition coefficient (Wildman–Crippen LogP) is 3.27. The number of pyridine rings is 1. The van der Waals surface area contributed by atoms with Gasteiger partial charge in [-0.25, -0.2) is 4.98 Å². The Kier molecular flexibility index (Phi) is 7.47. The molecule has 0 bridgehead atoms. The SMILES string of the molecule is CCC(C)NC(=O)CCNC(=O)c1ccc(Sc2ccccn2)cc1. The zero-order valence-electron chi connectivity index (χ0n) is 14.5. The number of carbonyl (C=O) groups is 2. The van der Waals surface area contributed by atoms with Crippen molar-refractivity contribution in [1.29, 1.82) is 0 Å². The summed E-state index contributed by atoms with van der Waals surface area (Å²) in [6.45, 7) is 4.30. The fourth-order valence-corrected chi connectivity index (χ4v) is 2.82. The Morgan fingerprint density at radius 2 is 1.92 bits per heavy atom. The minimum Gasteiger partial charge on any atom is -0.354 e. The molecule has 2 rings (SSSR count). The highest BCUT2D eigenvalue weighted by atomic mass is 32.2. The quantitative estimate of drug-likeness (QED) is 0.761. The molecular weight excluding hydrogens is 334 g/mol. The predicted molar refractivity (Wildman–Crippen MR) is 99.6 cm³/mol. The van der Waals surface area contributed by atoms with Gasteiger partial charge < -0.3 is 10.6 Å². The van der Waals surface area contributed by atoms with E-state index < -0.39 is 0 Å². The molecule has 1 aromatic carbocycles. The van der Waals surface area contributed by atoms with Crippen molar-refractivity contribution in [2.45, 2.75) is 42.7 Å². The number of rotatable bonds is 8. The van der Waals surface area contributed by atoms with E-state index in [1.807, 2.05) is 44.2 Å². The second kappa shape index (κ2) is 9.84. The lowest BCUT2D eigenvalue weighted by Gasteiger charge is -2.11. The Morgan fingerprint density at radius 1 is 1.16 bits per heavy atom. The molecule has 0 spiro atoms. The van der Waals surface area contributed by atoms with Crippen molar-refractivity contribution in [2.24, 2.45) is 0 Å². The van der Waals surface area contributed by atoms with Crippen LogP contribution in [0.15, 0.2) is 58.6 Å². The Hall–Kier alpha value is -2.34. The number of aromatic nitrogens is 1. The summed E-state index contributed by atoms with van der Waals surface area (Å²) in [7, 11) is 0. The van der Waals surface area contributed by atoms with Crippen molar-refractivity contribution in [3.8, 4) is 0 Å². The molecule has 25 heavy (non-hydrogen) atoms. The van der Waals surface area contributed by atoms with Gasteiger partial charge in [-0.1, -0.05) is 24.8 Å². The van der Waals surface area contributed by atoms with Crippen molar-refractivity contribution < 1.29 is 9.59 Å². The smallest absolute Gasteiger partial charge is 0.251 e. The van der Waals surface area contributed by atoms with E-state index in [-0.39, 0.29) is 24.3 Å². The Bertz CT molecular complexity index is 690. The molecule has 0 aliphatic rings. The molecule has 0 radical (unpaired) electrons. The van der Waals surface area contributed by atoms with Crippen LogP contribution < -0.4 is 10.6 Å². The standard InChI is InChI=1S/C19H23N3O2S/c1-3-14(2)22-17(23)11-13-21-19(24)15-7-9-16(10-8-15)25-18-6-4-5-12-20-18/h4-10,12,14H,3,11,13H2,1-2H3,(H,21,24)(H,22,23). The van der Waals surface area contributed by atoms with E-state index in [2.05, 4.69) is 15.6 Å². The number of benzene rings is 1. The van der Waals surface area contributed by atoms with E-state index in [4.69, 9.17) is 0 Å². The molecule has 0 aliphatic carbocycles. The minimum atomic E-state index is -0.175. The van der Waals surface area contributed by atoms with Gasteiger partial charge in [0, 0.05) is 35.7 Å². The van der Waals surface area contributed by atoms with Crippen molar-refractivity contribution in [3.63, 3.8) is 0 Å². The Labute approximate surface area is 152 Å². The van der Waals surface area contributed by atoms with Crippen LogP contribution in [0.5, 0.6) is 0 Å². The molecule has 2 N–H and O–H groups in total. The lowest BCUT2D eigenvalue weighted by molar-refractivity contribution is -0.121. The Balaban J connectivity index is 1.79. The summed E-state index contributed by atoms with van der Waals surface area (Å²) in [5, 5.41) is 6.56. The summed E-state index contributed by atoms with van der Waals surface area (Å²) in [6, 6.07) is 13.3. The lowest BCUT2D eigenvalue weighted by atomic mass is 10.2. The van der Waals surface area contributed by atoms with Gasteiger partial charge in [0.05, 0.1) is 0 Å². The highest BCUT2D eigenvalue weighted by Crippen LogP contribution is 2.25. The van der Waals surface area contributed by atoms with Gasteiger partial charge in [0.25, 0.3) is 5.91 Å². The number of hydrogen-bond donors (Lipinski definition) is 2. The first kappa shape index (κ1) is 19.0. The molecule has 1 aromatic heterocycles. The lowest BCUT2D eigenvalue weighted by Crippen LogP contribution is -2.35. The number of nitrogens with one attached hydrogen (secondary N) is 2. The Morgan fingerprint density at radius 3 is 2.56 bits per heavy atom. The summed E-state index contributed by atoms with van der Waals surface area (Å²) < 4.78 is 0. The van der Waals surface area contributed by atoms with Crippen LogP contribution in [0.4, 0.5) is 0 Å². The van der Waals surface area contributed by atoms with E-state index in [9.17, 15) is 9.59 Å². The average Bonchev–Trinajstić information content (AvgIpc) is 2.63. The molecule has 1 heterocycles. The third-order valence-corrected chi connectivity index (χ3v) is 4.59. The van der Waals surface area contributed by atoms with Crippen LogP contribution >= 0.6 is 11.8 Å². The second-order valence-corrected chi connectivity index (χ2v) is 6.77. The summed E-state index contributed by atoms with van der Waals surface area (Å²) in [5.74, 6) is -0.220. The highest BCUT2D eigenvalue weighted by Gasteiger charge is 2.08. The van der Waals surface area contributed by atoms with E-state index in [1.165, 1.54) is 0 Å². The van der Waals surface area contributed by atoms with Crippen molar-refractivity contribution in [3.05, 3.63) is 54.2 Å². The molecule has 5 nitrogen and oxygen atoms in total. The summed E-state index contributed by atoms with van der Waals surface area (Å²) in [4.78, 5) is 29.1. The van der Waals surface area contributed by atoms with Crippen LogP contribution in [0.2, 0.25) is 0 Å². The fraction of sp³-hybridized carbons (Fsp3) is 0.316. The van der Waals surface area contributed by atoms with Crippen LogP contribution in [-0.4, -0.2) is 29.4 Å². The molecule has 1 unspecified atom stereocenters. The molecule has 0 fully saturated rings. The average molecular weight is 357 g/mol. The van der Waals surface area contributed by atoms with E-state index in [1.54, 1.807) is 30.1 Å². The van der Waals surface area contributed by atoms with E-state index >= 15 is 0 Å². The molecule has 6 heteroatoms. The zero-order valence-corrected chi connectivity index (χ0v) is 15.3. The van der Waals surface area contributed by atoms with Crippen LogP contribution in [0.3, 0.4) is 0 Å². The van der Waals surface area contributed by atoms with Crippen LogP contribution in [0.1, 0.15) is 37.0 Å². The van der Waals surface area contributed by atoms with Crippen molar-refractivity contribution in [1.82, 2.24) is 15.6 Å². The molecule has 2 amide bonds. The summed E-state index contributed by atoms with van der Waals surface area (Å²) in [6.07, 6.45) is 2.92. The van der Waals surface area contributed by atoms with Gasteiger partial charge in [-0.05, 0) is 49.7 Å². The van der Waals surface area contributed by atoms with Gasteiger partial charge in [0.1, 0.15) is 5.03 Å². The normalized spacial score (nSPS) is 11.6. The molecule has 132 valence electrons. The maximum atomic E-state index is 12.1. The van der Waals surface area contributed by atoms with Crippen LogP contribution in [0, 0.1) is 0 Å². The van der Waals surface area contributed by atoms with Gasteiger partial charge in [0.2, 0.25) is 5.91 Å². The van der Waals surface area contributed by atoms with Gasteiger partial charge in [-0.2, -0.15) is 0 Å². The first-order valence-corrected chi connectivity index (χ1v) is 9.16. The molecule has 0 aliphatic heterocycles. The van der Waals surface area contributed by atoms with E-state index in [0.717, 1.165) is 16.3 Å². The molecular formula is C19H23N3O2S. The molecule has 0 saturated carbocycles. The molecule has 0 saturated heterocycles. The first-order chi connectivity index (χ1) is 12.1. The van der Waals surface area contributed by atoms with Crippen LogP contribution in [0.25, 0.3) is 0 Å². The monoisotopic (exact) mass is 357 g/mol. The van der Waals surface area contributed by atoms with E-state index in [0.29, 0.717) is 12.1 Å². The minimum absolute atomic E-state index is 0.0447.